The van der Waals surface area contributed by atoms with Gasteiger partial charge in [0.05, 0.1) is 12.1 Å². The highest BCUT2D eigenvalue weighted by Gasteiger charge is 2.46. The third-order valence-corrected chi connectivity index (χ3v) is 4.22. The van der Waals surface area contributed by atoms with Crippen molar-refractivity contribution in [3.05, 3.63) is 35.9 Å². The van der Waals surface area contributed by atoms with Crippen molar-refractivity contribution in [2.75, 3.05) is 13.1 Å². The number of fused-ring (bicyclic) bond motifs is 2. The van der Waals surface area contributed by atoms with Gasteiger partial charge in [0, 0.05) is 13.1 Å². The Labute approximate surface area is 130 Å². The fourth-order valence-corrected chi connectivity index (χ4v) is 3.11. The molecular formula is C16H22N4O2. The number of benzene rings is 1. The standard InChI is InChI=1S/C16H22N4O2/c1-2-18-15(17)14-9-8-13-10-19(14)16(21)20(13)22-11-12-6-4-3-5-7-12/h3-7,13-14H,2,8-11H2,1H3,(H2,17,18)/t13-,14+/m1/s1. The van der Waals surface area contributed by atoms with Gasteiger partial charge in [-0.1, -0.05) is 30.3 Å². The van der Waals surface area contributed by atoms with Crippen molar-refractivity contribution in [1.82, 2.24) is 9.96 Å². The number of carbonyl (C=O) groups excluding carboxylic acids is 1. The fraction of sp³-hybridized carbons (Fsp3) is 0.500. The molecule has 2 atom stereocenters. The Kier molecular flexibility index (Phi) is 4.29. The minimum atomic E-state index is -0.0994. The first-order chi connectivity index (χ1) is 10.7. The van der Waals surface area contributed by atoms with E-state index in [1.807, 2.05) is 37.3 Å². The van der Waals surface area contributed by atoms with E-state index in [1.54, 1.807) is 4.90 Å². The molecule has 118 valence electrons. The van der Waals surface area contributed by atoms with Crippen LogP contribution >= 0.6 is 0 Å². The van der Waals surface area contributed by atoms with Crippen LogP contribution in [0.2, 0.25) is 0 Å². The van der Waals surface area contributed by atoms with Crippen LogP contribution in [0.25, 0.3) is 0 Å². The number of aliphatic imine (C=N–C) groups is 1. The first-order valence-corrected chi connectivity index (χ1v) is 7.77. The molecule has 2 heterocycles. The number of rotatable bonds is 5. The van der Waals surface area contributed by atoms with Crippen molar-refractivity contribution in [2.45, 2.75) is 38.5 Å². The molecule has 0 spiro atoms. The largest absolute Gasteiger partial charge is 0.386 e. The third-order valence-electron chi connectivity index (χ3n) is 4.22. The van der Waals surface area contributed by atoms with Crippen molar-refractivity contribution >= 4 is 11.9 Å². The summed E-state index contributed by atoms with van der Waals surface area (Å²) in [5.74, 6) is 0.555. The number of nitrogens with zero attached hydrogens (tertiary/aromatic N) is 3. The summed E-state index contributed by atoms with van der Waals surface area (Å²) in [4.78, 5) is 24.4. The van der Waals surface area contributed by atoms with Crippen LogP contribution in [0.5, 0.6) is 0 Å². The van der Waals surface area contributed by atoms with Crippen LogP contribution in [0.15, 0.2) is 35.3 Å². The van der Waals surface area contributed by atoms with Crippen molar-refractivity contribution in [3.63, 3.8) is 0 Å². The number of amidine groups is 1. The van der Waals surface area contributed by atoms with E-state index in [0.29, 0.717) is 25.5 Å². The molecule has 0 aromatic heterocycles. The summed E-state index contributed by atoms with van der Waals surface area (Å²) in [6.07, 6.45) is 1.73. The molecule has 2 N–H and O–H groups in total. The molecule has 22 heavy (non-hydrogen) atoms. The van der Waals surface area contributed by atoms with Crippen LogP contribution in [0.3, 0.4) is 0 Å². The summed E-state index contributed by atoms with van der Waals surface area (Å²) >= 11 is 0. The molecule has 6 nitrogen and oxygen atoms in total. The van der Waals surface area contributed by atoms with Gasteiger partial charge in [-0.05, 0) is 25.3 Å². The number of urea groups is 1. The number of nitrogens with two attached hydrogens (primary N) is 1. The Bertz CT molecular complexity index is 561. The van der Waals surface area contributed by atoms with E-state index in [2.05, 4.69) is 4.99 Å². The summed E-state index contributed by atoms with van der Waals surface area (Å²) in [6.45, 7) is 3.65. The van der Waals surface area contributed by atoms with Gasteiger partial charge in [0.1, 0.15) is 12.4 Å². The molecule has 1 aromatic rings. The van der Waals surface area contributed by atoms with Crippen LogP contribution in [-0.4, -0.2) is 47.0 Å². The topological polar surface area (TPSA) is 71.2 Å². The van der Waals surface area contributed by atoms with Gasteiger partial charge in [-0.15, -0.1) is 0 Å². The molecule has 2 fully saturated rings. The second kappa shape index (κ2) is 6.36. The Balaban J connectivity index is 1.66. The summed E-state index contributed by atoms with van der Waals surface area (Å²) in [5, 5.41) is 1.52. The van der Waals surface area contributed by atoms with Crippen LogP contribution in [0.4, 0.5) is 4.79 Å². The maximum atomic E-state index is 12.5. The van der Waals surface area contributed by atoms with E-state index in [0.717, 1.165) is 18.4 Å². The molecule has 0 unspecified atom stereocenters. The molecular weight excluding hydrogens is 280 g/mol. The smallest absolute Gasteiger partial charge is 0.344 e. The van der Waals surface area contributed by atoms with Gasteiger partial charge >= 0.3 is 6.03 Å². The van der Waals surface area contributed by atoms with E-state index in [-0.39, 0.29) is 18.1 Å². The van der Waals surface area contributed by atoms with Gasteiger partial charge in [0.25, 0.3) is 0 Å². The normalized spacial score (nSPS) is 25.0. The molecule has 2 aliphatic heterocycles. The summed E-state index contributed by atoms with van der Waals surface area (Å²) < 4.78 is 0. The van der Waals surface area contributed by atoms with E-state index >= 15 is 0 Å². The number of carbonyl (C=O) groups is 1. The quantitative estimate of drug-likeness (QED) is 0.665. The van der Waals surface area contributed by atoms with Crippen molar-refractivity contribution in [2.24, 2.45) is 10.7 Å². The maximum Gasteiger partial charge on any atom is 0.344 e. The number of hydroxylamine groups is 2. The Hall–Kier alpha value is -2.08. The lowest BCUT2D eigenvalue weighted by Gasteiger charge is -2.29. The number of amides is 2. The molecule has 2 amide bonds. The maximum absolute atomic E-state index is 12.5. The number of piperidine rings is 1. The zero-order valence-electron chi connectivity index (χ0n) is 12.8. The molecule has 2 bridgehead atoms. The van der Waals surface area contributed by atoms with Gasteiger partial charge in [-0.2, -0.15) is 5.06 Å². The summed E-state index contributed by atoms with van der Waals surface area (Å²) in [6, 6.07) is 9.79. The molecule has 1 aromatic carbocycles. The predicted octanol–water partition coefficient (Wildman–Crippen LogP) is 1.76. The first-order valence-electron chi connectivity index (χ1n) is 7.77. The predicted molar refractivity (Wildman–Crippen MR) is 84.1 cm³/mol. The highest BCUT2D eigenvalue weighted by atomic mass is 16.7. The lowest BCUT2D eigenvalue weighted by molar-refractivity contribution is -0.140. The molecule has 6 heteroatoms. The minimum absolute atomic E-state index is 0.0889. The highest BCUT2D eigenvalue weighted by Crippen LogP contribution is 2.30. The molecule has 0 radical (unpaired) electrons. The van der Waals surface area contributed by atoms with Gasteiger partial charge in [-0.3, -0.25) is 9.83 Å². The van der Waals surface area contributed by atoms with E-state index in [9.17, 15) is 4.79 Å². The lowest BCUT2D eigenvalue weighted by atomic mass is 10.0. The van der Waals surface area contributed by atoms with Crippen molar-refractivity contribution in [1.29, 1.82) is 0 Å². The Morgan fingerprint density at radius 1 is 1.36 bits per heavy atom. The molecule has 2 aliphatic rings. The summed E-state index contributed by atoms with van der Waals surface area (Å²) in [7, 11) is 0. The van der Waals surface area contributed by atoms with Gasteiger partial charge in [-0.25, -0.2) is 4.79 Å². The molecule has 0 saturated carbocycles. The van der Waals surface area contributed by atoms with Crippen LogP contribution in [0.1, 0.15) is 25.3 Å². The first kappa shape index (κ1) is 14.8. The average Bonchev–Trinajstić information content (AvgIpc) is 2.78. The zero-order chi connectivity index (χ0) is 15.5. The Morgan fingerprint density at radius 2 is 2.14 bits per heavy atom. The minimum Gasteiger partial charge on any atom is -0.386 e. The van der Waals surface area contributed by atoms with E-state index in [1.165, 1.54) is 5.06 Å². The molecule has 3 rings (SSSR count). The van der Waals surface area contributed by atoms with Crippen LogP contribution in [-0.2, 0) is 11.4 Å². The number of hydrogen-bond donors (Lipinski definition) is 1. The van der Waals surface area contributed by atoms with Crippen molar-refractivity contribution < 1.29 is 9.63 Å². The lowest BCUT2D eigenvalue weighted by Crippen LogP contribution is -2.48. The van der Waals surface area contributed by atoms with Gasteiger partial charge < -0.3 is 10.6 Å². The molecule has 0 aliphatic carbocycles. The van der Waals surface area contributed by atoms with Crippen LogP contribution in [0, 0.1) is 0 Å². The Morgan fingerprint density at radius 3 is 2.86 bits per heavy atom. The van der Waals surface area contributed by atoms with Crippen LogP contribution < -0.4 is 5.73 Å². The SMILES string of the molecule is CCN=C(N)[C@@H]1CC[C@@H]2CN1C(=O)N2OCc1ccccc1. The van der Waals surface area contributed by atoms with Crippen molar-refractivity contribution in [3.8, 4) is 0 Å². The van der Waals surface area contributed by atoms with E-state index in [4.69, 9.17) is 10.6 Å². The average molecular weight is 302 g/mol. The second-order valence-corrected chi connectivity index (χ2v) is 5.67. The molecule has 2 saturated heterocycles. The van der Waals surface area contributed by atoms with Gasteiger partial charge in [0.15, 0.2) is 0 Å². The highest BCUT2D eigenvalue weighted by molar-refractivity contribution is 5.91. The summed E-state index contributed by atoms with van der Waals surface area (Å²) in [5.41, 5.74) is 7.06. The monoisotopic (exact) mass is 302 g/mol. The zero-order valence-corrected chi connectivity index (χ0v) is 12.8. The third kappa shape index (κ3) is 2.78. The van der Waals surface area contributed by atoms with E-state index < -0.39 is 0 Å². The fourth-order valence-electron chi connectivity index (χ4n) is 3.11. The number of hydrogen-bond acceptors (Lipinski definition) is 3. The second-order valence-electron chi connectivity index (χ2n) is 5.67. The van der Waals surface area contributed by atoms with Gasteiger partial charge in [0.2, 0.25) is 0 Å².